The highest BCUT2D eigenvalue weighted by molar-refractivity contribution is 5.39. The van der Waals surface area contributed by atoms with E-state index in [0.717, 1.165) is 13.1 Å². The van der Waals surface area contributed by atoms with Crippen molar-refractivity contribution in [2.24, 2.45) is 11.7 Å². The molecular weight excluding hydrogens is 220 g/mol. The molecule has 0 radical (unpaired) electrons. The lowest BCUT2D eigenvalue weighted by Crippen LogP contribution is -2.30. The molecule has 18 heavy (non-hydrogen) atoms. The minimum Gasteiger partial charge on any atom is -0.326 e. The Bertz CT molecular complexity index is 406. The molecule has 1 saturated heterocycles. The molecule has 1 aromatic carbocycles. The topological polar surface area (TPSA) is 29.3 Å². The third-order valence-electron chi connectivity index (χ3n) is 4.40. The van der Waals surface area contributed by atoms with Crippen LogP contribution < -0.4 is 5.73 Å². The van der Waals surface area contributed by atoms with Crippen LogP contribution in [0, 0.1) is 26.7 Å². The Morgan fingerprint density at radius 2 is 1.72 bits per heavy atom. The van der Waals surface area contributed by atoms with Crippen LogP contribution in [0.3, 0.4) is 0 Å². The van der Waals surface area contributed by atoms with Crippen LogP contribution in [0.2, 0.25) is 0 Å². The molecule has 2 rings (SSSR count). The van der Waals surface area contributed by atoms with Crippen LogP contribution in [0.5, 0.6) is 0 Å². The zero-order valence-electron chi connectivity index (χ0n) is 12.3. The van der Waals surface area contributed by atoms with E-state index in [4.69, 9.17) is 5.73 Å². The SMILES string of the molecule is Cc1cc(C)c(C(C)N2CC(C)C(N)C2)c(C)c1. The Kier molecular flexibility index (Phi) is 3.79. The van der Waals surface area contributed by atoms with E-state index in [1.54, 1.807) is 0 Å². The molecular formula is C16H26N2. The largest absolute Gasteiger partial charge is 0.326 e. The molecule has 0 bridgehead atoms. The first-order valence-electron chi connectivity index (χ1n) is 6.97. The van der Waals surface area contributed by atoms with Crippen LogP contribution in [-0.2, 0) is 0 Å². The highest BCUT2D eigenvalue weighted by Gasteiger charge is 2.31. The normalized spacial score (nSPS) is 26.6. The van der Waals surface area contributed by atoms with Gasteiger partial charge in [0, 0.05) is 25.2 Å². The number of likely N-dealkylation sites (tertiary alicyclic amines) is 1. The fraction of sp³-hybridized carbons (Fsp3) is 0.625. The van der Waals surface area contributed by atoms with Crippen molar-refractivity contribution in [2.45, 2.75) is 46.7 Å². The van der Waals surface area contributed by atoms with Gasteiger partial charge in [-0.05, 0) is 50.3 Å². The standard InChI is InChI=1S/C16H26N2/c1-10-6-11(2)16(12(3)7-10)14(5)18-8-13(4)15(17)9-18/h6-7,13-15H,8-9,17H2,1-5H3. The Morgan fingerprint density at radius 1 is 1.17 bits per heavy atom. The Hall–Kier alpha value is -0.860. The van der Waals surface area contributed by atoms with E-state index in [-0.39, 0.29) is 0 Å². The van der Waals surface area contributed by atoms with Gasteiger partial charge in [-0.15, -0.1) is 0 Å². The molecule has 0 amide bonds. The van der Waals surface area contributed by atoms with Crippen molar-refractivity contribution in [3.63, 3.8) is 0 Å². The summed E-state index contributed by atoms with van der Waals surface area (Å²) in [5.41, 5.74) is 11.8. The Balaban J connectivity index is 2.27. The fourth-order valence-corrected chi connectivity index (χ4v) is 3.38. The van der Waals surface area contributed by atoms with E-state index in [1.165, 1.54) is 22.3 Å². The van der Waals surface area contributed by atoms with E-state index < -0.39 is 0 Å². The summed E-state index contributed by atoms with van der Waals surface area (Å²) in [6, 6.07) is 5.39. The average molecular weight is 246 g/mol. The molecule has 1 aliphatic heterocycles. The highest BCUT2D eigenvalue weighted by Crippen LogP contribution is 2.31. The van der Waals surface area contributed by atoms with Gasteiger partial charge < -0.3 is 5.73 Å². The van der Waals surface area contributed by atoms with Crippen molar-refractivity contribution in [3.8, 4) is 0 Å². The van der Waals surface area contributed by atoms with E-state index >= 15 is 0 Å². The monoisotopic (exact) mass is 246 g/mol. The summed E-state index contributed by atoms with van der Waals surface area (Å²) < 4.78 is 0. The molecule has 2 heteroatoms. The lowest BCUT2D eigenvalue weighted by molar-refractivity contribution is 0.252. The molecule has 1 aromatic rings. The lowest BCUT2D eigenvalue weighted by atomic mass is 9.94. The van der Waals surface area contributed by atoms with Crippen molar-refractivity contribution in [1.29, 1.82) is 0 Å². The molecule has 0 spiro atoms. The number of benzene rings is 1. The third-order valence-corrected chi connectivity index (χ3v) is 4.40. The van der Waals surface area contributed by atoms with Gasteiger partial charge in [-0.1, -0.05) is 24.6 Å². The molecule has 2 nitrogen and oxygen atoms in total. The minimum atomic E-state index is 0.332. The van der Waals surface area contributed by atoms with Crippen LogP contribution >= 0.6 is 0 Å². The molecule has 1 aliphatic rings. The first kappa shape index (κ1) is 13.6. The van der Waals surface area contributed by atoms with Gasteiger partial charge in [0.15, 0.2) is 0 Å². The molecule has 1 fully saturated rings. The van der Waals surface area contributed by atoms with Gasteiger partial charge >= 0.3 is 0 Å². The maximum atomic E-state index is 6.14. The highest BCUT2D eigenvalue weighted by atomic mass is 15.2. The van der Waals surface area contributed by atoms with Gasteiger partial charge in [-0.25, -0.2) is 0 Å². The maximum Gasteiger partial charge on any atom is 0.0325 e. The number of hydrogen-bond acceptors (Lipinski definition) is 2. The summed E-state index contributed by atoms with van der Waals surface area (Å²) in [5.74, 6) is 0.610. The number of aryl methyl sites for hydroxylation is 3. The molecule has 0 saturated carbocycles. The zero-order valence-corrected chi connectivity index (χ0v) is 12.3. The van der Waals surface area contributed by atoms with Crippen LogP contribution in [0.25, 0.3) is 0 Å². The first-order valence-corrected chi connectivity index (χ1v) is 6.97. The molecule has 0 aliphatic carbocycles. The van der Waals surface area contributed by atoms with Crippen molar-refractivity contribution in [2.75, 3.05) is 13.1 Å². The summed E-state index contributed by atoms with van der Waals surface area (Å²) >= 11 is 0. The van der Waals surface area contributed by atoms with Crippen LogP contribution in [0.15, 0.2) is 12.1 Å². The molecule has 1 heterocycles. The summed E-state index contributed by atoms with van der Waals surface area (Å²) in [4.78, 5) is 2.53. The average Bonchev–Trinajstić information content (AvgIpc) is 2.57. The maximum absolute atomic E-state index is 6.14. The van der Waals surface area contributed by atoms with Crippen molar-refractivity contribution in [3.05, 3.63) is 34.4 Å². The minimum absolute atomic E-state index is 0.332. The quantitative estimate of drug-likeness (QED) is 0.869. The fourth-order valence-electron chi connectivity index (χ4n) is 3.38. The molecule has 3 unspecified atom stereocenters. The second kappa shape index (κ2) is 5.02. The Morgan fingerprint density at radius 3 is 2.17 bits per heavy atom. The molecule has 100 valence electrons. The van der Waals surface area contributed by atoms with Crippen molar-refractivity contribution >= 4 is 0 Å². The van der Waals surface area contributed by atoms with Crippen molar-refractivity contribution < 1.29 is 0 Å². The summed E-state index contributed by atoms with van der Waals surface area (Å²) in [6.45, 7) is 13.3. The molecule has 3 atom stereocenters. The van der Waals surface area contributed by atoms with Crippen molar-refractivity contribution in [1.82, 2.24) is 4.90 Å². The summed E-state index contributed by atoms with van der Waals surface area (Å²) in [5, 5.41) is 0. The predicted octanol–water partition coefficient (Wildman–Crippen LogP) is 2.95. The second-order valence-electron chi connectivity index (χ2n) is 6.08. The van der Waals surface area contributed by atoms with Gasteiger partial charge in [0.05, 0.1) is 0 Å². The van der Waals surface area contributed by atoms with Gasteiger partial charge in [-0.2, -0.15) is 0 Å². The van der Waals surface area contributed by atoms with Crippen LogP contribution in [0.4, 0.5) is 0 Å². The molecule has 0 aromatic heterocycles. The first-order chi connectivity index (χ1) is 8.40. The predicted molar refractivity (Wildman–Crippen MR) is 77.8 cm³/mol. The molecule has 2 N–H and O–H groups in total. The van der Waals surface area contributed by atoms with E-state index in [2.05, 4.69) is 51.7 Å². The number of nitrogens with zero attached hydrogens (tertiary/aromatic N) is 1. The van der Waals surface area contributed by atoms with E-state index in [0.29, 0.717) is 18.0 Å². The second-order valence-corrected chi connectivity index (χ2v) is 6.08. The van der Waals surface area contributed by atoms with Gasteiger partial charge in [0.1, 0.15) is 0 Å². The summed E-state index contributed by atoms with van der Waals surface area (Å²) in [7, 11) is 0. The smallest absolute Gasteiger partial charge is 0.0325 e. The number of rotatable bonds is 2. The third kappa shape index (κ3) is 2.45. The number of nitrogens with two attached hydrogens (primary N) is 1. The van der Waals surface area contributed by atoms with Crippen LogP contribution in [0.1, 0.15) is 42.1 Å². The van der Waals surface area contributed by atoms with E-state index in [1.807, 2.05) is 0 Å². The summed E-state index contributed by atoms with van der Waals surface area (Å²) in [6.07, 6.45) is 0. The van der Waals surface area contributed by atoms with Gasteiger partial charge in [0.2, 0.25) is 0 Å². The van der Waals surface area contributed by atoms with Gasteiger partial charge in [0.25, 0.3) is 0 Å². The zero-order chi connectivity index (χ0) is 13.4. The van der Waals surface area contributed by atoms with E-state index in [9.17, 15) is 0 Å². The van der Waals surface area contributed by atoms with Gasteiger partial charge in [-0.3, -0.25) is 4.90 Å². The lowest BCUT2D eigenvalue weighted by Gasteiger charge is -2.27. The Labute approximate surface area is 111 Å². The number of hydrogen-bond donors (Lipinski definition) is 1. The van der Waals surface area contributed by atoms with Crippen LogP contribution in [-0.4, -0.2) is 24.0 Å².